The minimum Gasteiger partial charge on any atom is -0.325 e. The molecule has 0 spiro atoms. The molecule has 13 heteroatoms. The number of amides is 1. The summed E-state index contributed by atoms with van der Waals surface area (Å²) >= 11 is 8.71. The number of carbonyl (C=O) groups is 1. The lowest BCUT2D eigenvalue weighted by Crippen LogP contribution is -2.15. The van der Waals surface area contributed by atoms with E-state index in [4.69, 9.17) is 11.6 Å². The molecule has 0 fully saturated rings. The summed E-state index contributed by atoms with van der Waals surface area (Å²) in [5, 5.41) is 14.3. The average Bonchev–Trinajstić information content (AvgIpc) is 3.48. The molecule has 2 N–H and O–H groups in total. The molecule has 0 atom stereocenters. The van der Waals surface area contributed by atoms with Crippen molar-refractivity contribution < 1.29 is 13.2 Å². The number of carbonyl (C=O) groups excluding carboxylic acids is 1. The van der Waals surface area contributed by atoms with Gasteiger partial charge in [-0.1, -0.05) is 41.6 Å². The highest BCUT2D eigenvalue weighted by atomic mass is 35.5. The van der Waals surface area contributed by atoms with Gasteiger partial charge in [0.2, 0.25) is 5.91 Å². The molecule has 0 aliphatic rings. The van der Waals surface area contributed by atoms with Crippen LogP contribution in [-0.2, 0) is 21.4 Å². The summed E-state index contributed by atoms with van der Waals surface area (Å²) in [7, 11) is -3.76. The van der Waals surface area contributed by atoms with E-state index in [1.54, 1.807) is 17.5 Å². The lowest BCUT2D eigenvalue weighted by molar-refractivity contribution is -0.113. The summed E-state index contributed by atoms with van der Waals surface area (Å²) < 4.78 is 29.1. The first kappa shape index (κ1) is 24.9. The SMILES string of the molecule is C=CCn1c(SCC(=O)Nc2ccc(S(=O)(=O)Nc3nccs3)cc2)nnc1-c1ccccc1Cl. The number of allylic oxidation sites excluding steroid dienone is 1. The number of halogens is 1. The van der Waals surface area contributed by atoms with E-state index >= 15 is 0 Å². The van der Waals surface area contributed by atoms with Gasteiger partial charge in [-0.25, -0.2) is 13.4 Å². The van der Waals surface area contributed by atoms with E-state index in [-0.39, 0.29) is 21.7 Å². The van der Waals surface area contributed by atoms with E-state index < -0.39 is 10.0 Å². The van der Waals surface area contributed by atoms with Gasteiger partial charge in [-0.15, -0.1) is 28.1 Å². The van der Waals surface area contributed by atoms with Crippen molar-refractivity contribution in [2.24, 2.45) is 0 Å². The minimum absolute atomic E-state index is 0.0599. The molecule has 0 radical (unpaired) electrons. The molecule has 180 valence electrons. The number of nitrogens with one attached hydrogen (secondary N) is 2. The second kappa shape index (κ2) is 11.0. The molecule has 4 rings (SSSR count). The highest BCUT2D eigenvalue weighted by Crippen LogP contribution is 2.29. The fourth-order valence-corrected chi connectivity index (χ4v) is 5.78. The lowest BCUT2D eigenvalue weighted by Gasteiger charge is -2.09. The van der Waals surface area contributed by atoms with Gasteiger partial charge in [-0.3, -0.25) is 14.1 Å². The fraction of sp³-hybridized carbons (Fsp3) is 0.0909. The van der Waals surface area contributed by atoms with Crippen LogP contribution < -0.4 is 10.0 Å². The number of aromatic nitrogens is 4. The van der Waals surface area contributed by atoms with Gasteiger partial charge in [0.05, 0.1) is 15.7 Å². The number of sulfonamides is 1. The first-order chi connectivity index (χ1) is 16.9. The number of nitrogens with zero attached hydrogens (tertiary/aromatic N) is 4. The molecule has 0 unspecified atom stereocenters. The Balaban J connectivity index is 1.40. The van der Waals surface area contributed by atoms with Crippen LogP contribution >= 0.6 is 34.7 Å². The molecule has 0 aliphatic carbocycles. The minimum atomic E-state index is -3.76. The monoisotopic (exact) mass is 546 g/mol. The third kappa shape index (κ3) is 6.09. The number of anilines is 2. The predicted octanol–water partition coefficient (Wildman–Crippen LogP) is 4.77. The lowest BCUT2D eigenvalue weighted by atomic mass is 10.2. The summed E-state index contributed by atoms with van der Waals surface area (Å²) in [5.41, 5.74) is 1.20. The Morgan fingerprint density at radius 1 is 1.17 bits per heavy atom. The second-order valence-electron chi connectivity index (χ2n) is 6.99. The molecule has 4 aromatic rings. The van der Waals surface area contributed by atoms with Gasteiger partial charge in [0.15, 0.2) is 16.1 Å². The van der Waals surface area contributed by atoms with Crippen LogP contribution in [0.3, 0.4) is 0 Å². The zero-order valence-corrected chi connectivity index (χ0v) is 21.3. The van der Waals surface area contributed by atoms with Crippen LogP contribution in [0.2, 0.25) is 5.02 Å². The molecule has 0 saturated heterocycles. The van der Waals surface area contributed by atoms with Gasteiger partial charge in [-0.05, 0) is 36.4 Å². The third-order valence-electron chi connectivity index (χ3n) is 4.58. The molecule has 0 bridgehead atoms. The van der Waals surface area contributed by atoms with Crippen molar-refractivity contribution in [3.63, 3.8) is 0 Å². The van der Waals surface area contributed by atoms with Gasteiger partial charge < -0.3 is 5.32 Å². The number of thiazole rings is 1. The zero-order valence-electron chi connectivity index (χ0n) is 18.1. The van der Waals surface area contributed by atoms with Gasteiger partial charge in [0, 0.05) is 29.4 Å². The summed E-state index contributed by atoms with van der Waals surface area (Å²) in [5.74, 6) is 0.379. The first-order valence-corrected chi connectivity index (χ1v) is 13.8. The summed E-state index contributed by atoms with van der Waals surface area (Å²) in [6, 6.07) is 13.2. The Morgan fingerprint density at radius 3 is 2.63 bits per heavy atom. The molecule has 2 aromatic carbocycles. The van der Waals surface area contributed by atoms with Crippen molar-refractivity contribution in [1.29, 1.82) is 0 Å². The van der Waals surface area contributed by atoms with Crippen LogP contribution in [0.25, 0.3) is 11.4 Å². The molecule has 0 aliphatic heterocycles. The van der Waals surface area contributed by atoms with Gasteiger partial charge in [0.1, 0.15) is 0 Å². The van der Waals surface area contributed by atoms with Gasteiger partial charge >= 0.3 is 0 Å². The fourth-order valence-electron chi connectivity index (χ4n) is 3.02. The van der Waals surface area contributed by atoms with Crippen molar-refractivity contribution in [2.45, 2.75) is 16.6 Å². The maximum Gasteiger partial charge on any atom is 0.263 e. The smallest absolute Gasteiger partial charge is 0.263 e. The standard InChI is InChI=1S/C22H19ClN6O3S3/c1-2-12-29-20(17-5-3-4-6-18(17)23)26-27-22(29)34-14-19(30)25-15-7-9-16(10-8-15)35(31,32)28-21-24-11-13-33-21/h2-11,13H,1,12,14H2,(H,24,28)(H,25,30). The van der Waals surface area contributed by atoms with Crippen molar-refractivity contribution in [3.8, 4) is 11.4 Å². The van der Waals surface area contributed by atoms with E-state index in [1.165, 1.54) is 53.6 Å². The molecule has 0 saturated carbocycles. The topological polar surface area (TPSA) is 119 Å². The quantitative estimate of drug-likeness (QED) is 0.217. The number of hydrogen-bond donors (Lipinski definition) is 2. The van der Waals surface area contributed by atoms with E-state index in [0.717, 1.165) is 5.56 Å². The van der Waals surface area contributed by atoms with Crippen molar-refractivity contribution in [1.82, 2.24) is 19.7 Å². The Hall–Kier alpha value is -3.19. The van der Waals surface area contributed by atoms with Crippen LogP contribution in [0.1, 0.15) is 0 Å². The molecule has 2 heterocycles. The molecular formula is C22H19ClN6O3S3. The molecule has 9 nitrogen and oxygen atoms in total. The van der Waals surface area contributed by atoms with Gasteiger partial charge in [0.25, 0.3) is 10.0 Å². The maximum atomic E-state index is 12.5. The molecular weight excluding hydrogens is 528 g/mol. The largest absolute Gasteiger partial charge is 0.325 e. The van der Waals surface area contributed by atoms with Crippen molar-refractivity contribution in [2.75, 3.05) is 15.8 Å². The third-order valence-corrected chi connectivity index (χ3v) is 8.05. The van der Waals surface area contributed by atoms with E-state index in [2.05, 4.69) is 31.8 Å². The summed E-state index contributed by atoms with van der Waals surface area (Å²) in [6.45, 7) is 4.23. The Bertz CT molecular complexity index is 1440. The number of thioether (sulfide) groups is 1. The van der Waals surface area contributed by atoms with Crippen LogP contribution in [-0.4, -0.2) is 39.8 Å². The van der Waals surface area contributed by atoms with E-state index in [9.17, 15) is 13.2 Å². The van der Waals surface area contributed by atoms with Crippen LogP contribution in [0.4, 0.5) is 10.8 Å². The van der Waals surface area contributed by atoms with Crippen molar-refractivity contribution >= 4 is 61.4 Å². The van der Waals surface area contributed by atoms with E-state index in [0.29, 0.717) is 28.2 Å². The Kier molecular flexibility index (Phi) is 7.86. The molecule has 35 heavy (non-hydrogen) atoms. The normalized spacial score (nSPS) is 11.2. The average molecular weight is 547 g/mol. The van der Waals surface area contributed by atoms with Crippen molar-refractivity contribution in [3.05, 3.63) is 77.8 Å². The highest BCUT2D eigenvalue weighted by molar-refractivity contribution is 7.99. The Labute approximate surface area is 215 Å². The predicted molar refractivity (Wildman–Crippen MR) is 139 cm³/mol. The molecule has 2 aromatic heterocycles. The van der Waals surface area contributed by atoms with E-state index in [1.807, 2.05) is 22.8 Å². The number of rotatable bonds is 10. The van der Waals surface area contributed by atoms with Crippen LogP contribution in [0, 0.1) is 0 Å². The maximum absolute atomic E-state index is 12.5. The highest BCUT2D eigenvalue weighted by Gasteiger charge is 2.18. The zero-order chi connectivity index (χ0) is 24.8. The van der Waals surface area contributed by atoms with Crippen LogP contribution in [0.15, 0.2) is 82.8 Å². The first-order valence-electron chi connectivity index (χ1n) is 10.1. The summed E-state index contributed by atoms with van der Waals surface area (Å²) in [4.78, 5) is 16.5. The summed E-state index contributed by atoms with van der Waals surface area (Å²) in [6.07, 6.45) is 3.23. The van der Waals surface area contributed by atoms with Gasteiger partial charge in [-0.2, -0.15) is 0 Å². The second-order valence-corrected chi connectivity index (χ2v) is 10.9. The Morgan fingerprint density at radius 2 is 1.94 bits per heavy atom. The number of hydrogen-bond acceptors (Lipinski definition) is 8. The van der Waals surface area contributed by atoms with Crippen LogP contribution in [0.5, 0.6) is 0 Å². The number of benzene rings is 2. The molecule has 1 amide bonds.